The fraction of sp³-hybridized carbons (Fsp3) is 0.105. The van der Waals surface area contributed by atoms with Crippen LogP contribution in [0, 0.1) is 17.0 Å². The number of aryl methyl sites for hydroxylation is 1. The number of nitrogens with zero attached hydrogens (tertiary/aromatic N) is 1. The Labute approximate surface area is 174 Å². The van der Waals surface area contributed by atoms with Crippen LogP contribution >= 0.6 is 34.5 Å². The molecule has 0 saturated carbocycles. The standard InChI is InChI=1S/C19H14Cl2N2O4S/c1-11-2-4-15(21)17(6-11)27-9-12-7-18(28-10-12)19(24)22-16-8-13(23(25)26)3-5-14(16)20/h2-8,10H,9H2,1H3,(H,22,24). The summed E-state index contributed by atoms with van der Waals surface area (Å²) in [5.74, 6) is 0.162. The van der Waals surface area contributed by atoms with E-state index in [9.17, 15) is 14.9 Å². The molecule has 2 aromatic carbocycles. The summed E-state index contributed by atoms with van der Waals surface area (Å²) in [6.45, 7) is 2.19. The van der Waals surface area contributed by atoms with Crippen molar-refractivity contribution in [1.29, 1.82) is 0 Å². The van der Waals surface area contributed by atoms with Crippen molar-refractivity contribution in [2.24, 2.45) is 0 Å². The number of amides is 1. The molecule has 6 nitrogen and oxygen atoms in total. The van der Waals surface area contributed by atoms with Gasteiger partial charge in [-0.2, -0.15) is 0 Å². The molecule has 1 amide bonds. The van der Waals surface area contributed by atoms with E-state index in [1.54, 1.807) is 17.5 Å². The van der Waals surface area contributed by atoms with Crippen LogP contribution in [0.3, 0.4) is 0 Å². The number of nitro groups is 1. The van der Waals surface area contributed by atoms with E-state index in [0.29, 0.717) is 15.6 Å². The zero-order chi connectivity index (χ0) is 20.3. The Kier molecular flexibility index (Phi) is 6.18. The molecular weight excluding hydrogens is 423 g/mol. The lowest BCUT2D eigenvalue weighted by molar-refractivity contribution is -0.384. The number of non-ortho nitro benzene ring substituents is 1. The number of ether oxygens (including phenoxy) is 1. The number of benzene rings is 2. The molecule has 0 unspecified atom stereocenters. The molecule has 0 fully saturated rings. The van der Waals surface area contributed by atoms with Crippen molar-refractivity contribution in [2.45, 2.75) is 13.5 Å². The number of rotatable bonds is 6. The van der Waals surface area contributed by atoms with Crippen LogP contribution in [0.2, 0.25) is 10.0 Å². The lowest BCUT2D eigenvalue weighted by Crippen LogP contribution is -2.10. The minimum Gasteiger partial charge on any atom is -0.487 e. The molecule has 3 aromatic rings. The molecule has 144 valence electrons. The molecule has 1 N–H and O–H groups in total. The van der Waals surface area contributed by atoms with Crippen LogP contribution in [-0.2, 0) is 6.61 Å². The first kappa shape index (κ1) is 20.1. The molecule has 1 heterocycles. The summed E-state index contributed by atoms with van der Waals surface area (Å²) in [6, 6.07) is 11.0. The SMILES string of the molecule is Cc1ccc(Cl)c(OCc2csc(C(=O)Nc3cc([N+](=O)[O-])ccc3Cl)c2)c1. The average Bonchev–Trinajstić information content (AvgIpc) is 3.13. The molecule has 0 aliphatic heterocycles. The second kappa shape index (κ2) is 8.60. The number of halogens is 2. The van der Waals surface area contributed by atoms with E-state index in [0.717, 1.165) is 11.1 Å². The zero-order valence-corrected chi connectivity index (χ0v) is 16.9. The second-order valence-corrected chi connectivity index (χ2v) is 7.64. The van der Waals surface area contributed by atoms with E-state index in [1.165, 1.54) is 29.5 Å². The van der Waals surface area contributed by atoms with Gasteiger partial charge in [0.1, 0.15) is 12.4 Å². The number of thiophene rings is 1. The quantitative estimate of drug-likeness (QED) is 0.373. The van der Waals surface area contributed by atoms with E-state index in [4.69, 9.17) is 27.9 Å². The Morgan fingerprint density at radius 3 is 2.68 bits per heavy atom. The van der Waals surface area contributed by atoms with Gasteiger partial charge < -0.3 is 10.1 Å². The van der Waals surface area contributed by atoms with Gasteiger partial charge in [-0.25, -0.2) is 0 Å². The fourth-order valence-electron chi connectivity index (χ4n) is 2.36. The highest BCUT2D eigenvalue weighted by Crippen LogP contribution is 2.29. The van der Waals surface area contributed by atoms with Crippen LogP contribution in [0.25, 0.3) is 0 Å². The van der Waals surface area contributed by atoms with E-state index in [1.807, 2.05) is 19.1 Å². The topological polar surface area (TPSA) is 81.5 Å². The number of nitro benzene ring substituents is 1. The van der Waals surface area contributed by atoms with Crippen molar-refractivity contribution in [3.05, 3.63) is 84.0 Å². The van der Waals surface area contributed by atoms with Gasteiger partial charge >= 0.3 is 0 Å². The number of hydrogen-bond donors (Lipinski definition) is 1. The van der Waals surface area contributed by atoms with Gasteiger partial charge in [-0.3, -0.25) is 14.9 Å². The Morgan fingerprint density at radius 2 is 1.93 bits per heavy atom. The predicted molar refractivity (Wildman–Crippen MR) is 111 cm³/mol. The Balaban J connectivity index is 1.68. The third kappa shape index (κ3) is 4.81. The Morgan fingerprint density at radius 1 is 1.18 bits per heavy atom. The van der Waals surface area contributed by atoms with Crippen molar-refractivity contribution >= 4 is 51.8 Å². The monoisotopic (exact) mass is 436 g/mol. The highest BCUT2D eigenvalue weighted by atomic mass is 35.5. The third-order valence-corrected chi connectivity index (χ3v) is 5.39. The minimum atomic E-state index is -0.553. The van der Waals surface area contributed by atoms with Gasteiger partial charge in [0, 0.05) is 17.7 Å². The first-order chi connectivity index (χ1) is 13.3. The summed E-state index contributed by atoms with van der Waals surface area (Å²) in [5, 5.41) is 16.0. The van der Waals surface area contributed by atoms with Crippen molar-refractivity contribution in [2.75, 3.05) is 5.32 Å². The van der Waals surface area contributed by atoms with E-state index in [2.05, 4.69) is 5.32 Å². The van der Waals surface area contributed by atoms with Crippen LogP contribution in [0.15, 0.2) is 47.8 Å². The summed E-state index contributed by atoms with van der Waals surface area (Å²) in [7, 11) is 0. The summed E-state index contributed by atoms with van der Waals surface area (Å²) in [4.78, 5) is 23.2. The largest absolute Gasteiger partial charge is 0.487 e. The molecule has 3 rings (SSSR count). The first-order valence-corrected chi connectivity index (χ1v) is 9.68. The fourth-order valence-corrected chi connectivity index (χ4v) is 3.49. The number of carbonyl (C=O) groups is 1. The minimum absolute atomic E-state index is 0.157. The molecule has 0 atom stereocenters. The van der Waals surface area contributed by atoms with Gasteiger partial charge in [-0.1, -0.05) is 29.3 Å². The van der Waals surface area contributed by atoms with Crippen LogP contribution in [-0.4, -0.2) is 10.8 Å². The number of carbonyl (C=O) groups excluding carboxylic acids is 1. The zero-order valence-electron chi connectivity index (χ0n) is 14.6. The highest BCUT2D eigenvalue weighted by molar-refractivity contribution is 7.12. The molecule has 1 aromatic heterocycles. The number of anilines is 1. The van der Waals surface area contributed by atoms with Gasteiger partial charge in [0.25, 0.3) is 11.6 Å². The Bertz CT molecular complexity index is 1050. The molecule has 0 saturated heterocycles. The Hall–Kier alpha value is -2.61. The summed E-state index contributed by atoms with van der Waals surface area (Å²) in [5.41, 5.74) is 1.85. The number of nitrogens with one attached hydrogen (secondary N) is 1. The maximum Gasteiger partial charge on any atom is 0.271 e. The van der Waals surface area contributed by atoms with Crippen molar-refractivity contribution in [3.63, 3.8) is 0 Å². The van der Waals surface area contributed by atoms with E-state index in [-0.39, 0.29) is 23.0 Å². The van der Waals surface area contributed by atoms with Crippen molar-refractivity contribution < 1.29 is 14.5 Å². The third-order valence-electron chi connectivity index (χ3n) is 3.77. The molecular formula is C19H14Cl2N2O4S. The van der Waals surface area contributed by atoms with Crippen LogP contribution in [0.1, 0.15) is 20.8 Å². The lowest BCUT2D eigenvalue weighted by Gasteiger charge is -2.07. The highest BCUT2D eigenvalue weighted by Gasteiger charge is 2.15. The molecule has 0 spiro atoms. The van der Waals surface area contributed by atoms with Crippen molar-refractivity contribution in [1.82, 2.24) is 0 Å². The molecule has 0 aliphatic carbocycles. The smallest absolute Gasteiger partial charge is 0.271 e. The average molecular weight is 437 g/mol. The van der Waals surface area contributed by atoms with Crippen LogP contribution in [0.5, 0.6) is 5.75 Å². The normalized spacial score (nSPS) is 10.5. The van der Waals surface area contributed by atoms with Gasteiger partial charge in [0.05, 0.1) is 25.5 Å². The molecule has 0 radical (unpaired) electrons. The molecule has 0 bridgehead atoms. The first-order valence-electron chi connectivity index (χ1n) is 8.05. The predicted octanol–water partition coefficient (Wildman–Crippen LogP) is 6.10. The second-order valence-electron chi connectivity index (χ2n) is 5.92. The van der Waals surface area contributed by atoms with E-state index < -0.39 is 10.8 Å². The lowest BCUT2D eigenvalue weighted by atomic mass is 10.2. The van der Waals surface area contributed by atoms with E-state index >= 15 is 0 Å². The van der Waals surface area contributed by atoms with Gasteiger partial charge in [-0.15, -0.1) is 11.3 Å². The van der Waals surface area contributed by atoms with Gasteiger partial charge in [-0.05, 0) is 42.1 Å². The maximum absolute atomic E-state index is 12.4. The molecule has 28 heavy (non-hydrogen) atoms. The summed E-state index contributed by atoms with van der Waals surface area (Å²) < 4.78 is 5.72. The van der Waals surface area contributed by atoms with Crippen molar-refractivity contribution in [3.8, 4) is 5.75 Å². The van der Waals surface area contributed by atoms with Gasteiger partial charge in [0.15, 0.2) is 0 Å². The molecule has 9 heteroatoms. The van der Waals surface area contributed by atoms with Gasteiger partial charge in [0.2, 0.25) is 0 Å². The summed E-state index contributed by atoms with van der Waals surface area (Å²) >= 11 is 13.4. The van der Waals surface area contributed by atoms with Crippen LogP contribution in [0.4, 0.5) is 11.4 Å². The number of hydrogen-bond acceptors (Lipinski definition) is 5. The maximum atomic E-state index is 12.4. The molecule has 0 aliphatic rings. The van der Waals surface area contributed by atoms with Crippen LogP contribution < -0.4 is 10.1 Å². The summed E-state index contributed by atoms with van der Waals surface area (Å²) in [6.07, 6.45) is 0.